The lowest BCUT2D eigenvalue weighted by Crippen LogP contribution is -2.26. The van der Waals surface area contributed by atoms with Crippen molar-refractivity contribution in [3.05, 3.63) is 34.2 Å². The van der Waals surface area contributed by atoms with E-state index in [4.69, 9.17) is 4.74 Å². The van der Waals surface area contributed by atoms with Crippen molar-refractivity contribution in [1.29, 1.82) is 0 Å². The monoisotopic (exact) mass is 387 g/mol. The summed E-state index contributed by atoms with van der Waals surface area (Å²) in [5.41, 5.74) is 2.08. The van der Waals surface area contributed by atoms with E-state index in [1.807, 2.05) is 5.48 Å². The normalized spacial score (nSPS) is 11.2. The van der Waals surface area contributed by atoms with Crippen molar-refractivity contribution in [1.82, 2.24) is 21.1 Å². The van der Waals surface area contributed by atoms with E-state index in [-0.39, 0.29) is 28.5 Å². The Morgan fingerprint density at radius 3 is 2.96 bits per heavy atom. The molecule has 9 nitrogen and oxygen atoms in total. The number of ether oxygens (including phenoxy) is 1. The highest BCUT2D eigenvalue weighted by molar-refractivity contribution is 9.10. The molecule has 0 aliphatic carbocycles. The van der Waals surface area contributed by atoms with Gasteiger partial charge in [0.15, 0.2) is 12.4 Å². The molecule has 0 saturated carbocycles. The van der Waals surface area contributed by atoms with Crippen LogP contribution in [0.2, 0.25) is 0 Å². The Hall–Kier alpha value is -2.53. The van der Waals surface area contributed by atoms with E-state index in [1.165, 1.54) is 25.2 Å². The third-order valence-electron chi connectivity index (χ3n) is 2.55. The highest BCUT2D eigenvalue weighted by atomic mass is 79.9. The van der Waals surface area contributed by atoms with Crippen molar-refractivity contribution in [3.8, 4) is 5.88 Å². The second-order valence-electron chi connectivity index (χ2n) is 4.05. The maximum absolute atomic E-state index is 13.2. The molecule has 0 aliphatic heterocycles. The van der Waals surface area contributed by atoms with Crippen LogP contribution in [0.4, 0.5) is 10.1 Å². The first-order chi connectivity index (χ1) is 11.0. The van der Waals surface area contributed by atoms with Crippen molar-refractivity contribution in [2.75, 3.05) is 13.7 Å². The number of nitrogens with one attached hydrogen (secondary N) is 2. The van der Waals surface area contributed by atoms with E-state index < -0.39 is 11.7 Å². The Kier molecular flexibility index (Phi) is 5.60. The lowest BCUT2D eigenvalue weighted by atomic mass is 10.3. The van der Waals surface area contributed by atoms with Gasteiger partial charge in [-0.25, -0.2) is 14.0 Å². The van der Waals surface area contributed by atoms with Crippen molar-refractivity contribution in [3.63, 3.8) is 0 Å². The van der Waals surface area contributed by atoms with Crippen LogP contribution in [-0.4, -0.2) is 40.9 Å². The Morgan fingerprint density at radius 2 is 2.30 bits per heavy atom. The van der Waals surface area contributed by atoms with Gasteiger partial charge in [0.05, 0.1) is 10.2 Å². The van der Waals surface area contributed by atoms with Gasteiger partial charge in [0.2, 0.25) is 5.69 Å². The lowest BCUT2D eigenvalue weighted by Gasteiger charge is -2.05. The van der Waals surface area contributed by atoms with Gasteiger partial charge < -0.3 is 10.1 Å². The van der Waals surface area contributed by atoms with Gasteiger partial charge in [0, 0.05) is 7.05 Å². The van der Waals surface area contributed by atoms with Crippen LogP contribution in [0, 0.1) is 5.82 Å². The summed E-state index contributed by atoms with van der Waals surface area (Å²) in [5, 5.41) is 18.6. The van der Waals surface area contributed by atoms with E-state index in [0.29, 0.717) is 5.69 Å². The summed E-state index contributed by atoms with van der Waals surface area (Å²) in [6.45, 7) is -0.321. The summed E-state index contributed by atoms with van der Waals surface area (Å²) in [6.07, 6.45) is 0. The van der Waals surface area contributed by atoms with Gasteiger partial charge in [-0.2, -0.15) is 0 Å². The third-order valence-corrected chi connectivity index (χ3v) is 3.16. The number of aromatic nitrogens is 2. The second-order valence-corrected chi connectivity index (χ2v) is 4.90. The number of hydrogen-bond donors (Lipinski definition) is 3. The second kappa shape index (κ2) is 7.65. The minimum absolute atomic E-state index is 0.0585. The Balaban J connectivity index is 2.27. The van der Waals surface area contributed by atoms with Gasteiger partial charge in [-0.15, -0.1) is 0 Å². The summed E-state index contributed by atoms with van der Waals surface area (Å²) in [7, 11) is 1.45. The molecule has 11 heteroatoms. The largest absolute Gasteiger partial charge is 0.464 e. The number of carbonyl (C=O) groups excluding carboxylic acids is 1. The zero-order valence-electron chi connectivity index (χ0n) is 11.7. The van der Waals surface area contributed by atoms with Crippen LogP contribution in [0.15, 0.2) is 32.3 Å². The molecule has 1 amide bonds. The van der Waals surface area contributed by atoms with E-state index in [0.717, 1.165) is 0 Å². The number of aliphatic imine (C=N–C) groups is 1. The molecule has 122 valence electrons. The molecule has 0 spiro atoms. The maximum atomic E-state index is 13.2. The zero-order valence-corrected chi connectivity index (χ0v) is 13.3. The quantitative estimate of drug-likeness (QED) is 0.399. The molecular weight excluding hydrogens is 377 g/mol. The molecule has 0 bridgehead atoms. The van der Waals surface area contributed by atoms with Gasteiger partial charge in [0.1, 0.15) is 5.82 Å². The standard InChI is InChI=1S/C12H11BrFN5O4/c1-15-9(20)5-22-12-10(18-23-19-12)11(17-21)16-6-2-3-8(14)7(13)4-6/h2-4,21H,5H2,1H3,(H,15,20)(H,16,17). The highest BCUT2D eigenvalue weighted by Gasteiger charge is 2.19. The number of hydroxylamine groups is 1. The number of amides is 1. The summed E-state index contributed by atoms with van der Waals surface area (Å²) < 4.78 is 23.0. The SMILES string of the molecule is CNC(=O)COc1nonc1C(=Nc1ccc(F)c(Br)c1)NO. The molecule has 0 fully saturated rings. The van der Waals surface area contributed by atoms with Crippen molar-refractivity contribution in [2.45, 2.75) is 0 Å². The fraction of sp³-hybridized carbons (Fsp3) is 0.167. The number of benzene rings is 1. The molecule has 1 aromatic heterocycles. The smallest absolute Gasteiger partial charge is 0.287 e. The average molecular weight is 388 g/mol. The molecule has 0 radical (unpaired) electrons. The number of hydrogen-bond acceptors (Lipinski definition) is 7. The molecule has 2 aromatic rings. The molecule has 2 rings (SSSR count). The molecule has 0 atom stereocenters. The Bertz CT molecular complexity index is 736. The van der Waals surface area contributed by atoms with E-state index in [1.54, 1.807) is 0 Å². The van der Waals surface area contributed by atoms with E-state index in [2.05, 4.69) is 41.2 Å². The van der Waals surface area contributed by atoms with Crippen molar-refractivity contribution < 1.29 is 23.8 Å². The molecule has 0 aliphatic rings. The van der Waals surface area contributed by atoms with Crippen LogP contribution in [0.3, 0.4) is 0 Å². The van der Waals surface area contributed by atoms with Crippen LogP contribution >= 0.6 is 15.9 Å². The first-order valence-electron chi connectivity index (χ1n) is 6.15. The number of amidine groups is 1. The molecule has 3 N–H and O–H groups in total. The molecule has 23 heavy (non-hydrogen) atoms. The zero-order chi connectivity index (χ0) is 16.8. The summed E-state index contributed by atoms with van der Waals surface area (Å²) in [6, 6.07) is 3.98. The van der Waals surface area contributed by atoms with Crippen LogP contribution < -0.4 is 15.5 Å². The number of likely N-dealkylation sites (N-methyl/N-ethyl adjacent to an activating group) is 1. The van der Waals surface area contributed by atoms with Crippen LogP contribution in [-0.2, 0) is 4.79 Å². The Labute approximate surface area is 137 Å². The number of rotatable bonds is 5. The number of nitrogens with zero attached hydrogens (tertiary/aromatic N) is 3. The van der Waals surface area contributed by atoms with Crippen LogP contribution in [0.1, 0.15) is 5.69 Å². The van der Waals surface area contributed by atoms with E-state index >= 15 is 0 Å². The minimum atomic E-state index is -0.458. The molecule has 1 aromatic carbocycles. The van der Waals surface area contributed by atoms with Crippen LogP contribution in [0.5, 0.6) is 5.88 Å². The summed E-state index contributed by atoms with van der Waals surface area (Å²) in [5.74, 6) is -1.15. The Morgan fingerprint density at radius 1 is 1.52 bits per heavy atom. The van der Waals surface area contributed by atoms with Gasteiger partial charge >= 0.3 is 0 Å². The third kappa shape index (κ3) is 4.23. The fourth-order valence-corrected chi connectivity index (χ4v) is 1.81. The fourth-order valence-electron chi connectivity index (χ4n) is 1.44. The first-order valence-corrected chi connectivity index (χ1v) is 6.94. The van der Waals surface area contributed by atoms with Gasteiger partial charge in [-0.3, -0.25) is 15.5 Å². The summed E-state index contributed by atoms with van der Waals surface area (Å²) in [4.78, 5) is 15.2. The number of carbonyl (C=O) groups is 1. The molecular formula is C12H11BrFN5O4. The van der Waals surface area contributed by atoms with Crippen LogP contribution in [0.25, 0.3) is 0 Å². The molecule has 0 saturated heterocycles. The highest BCUT2D eigenvalue weighted by Crippen LogP contribution is 2.23. The summed E-state index contributed by atoms with van der Waals surface area (Å²) >= 11 is 3.03. The number of halogens is 2. The van der Waals surface area contributed by atoms with Crippen molar-refractivity contribution >= 4 is 33.4 Å². The predicted molar refractivity (Wildman–Crippen MR) is 79.1 cm³/mol. The first kappa shape index (κ1) is 16.8. The minimum Gasteiger partial charge on any atom is -0.464 e. The van der Waals surface area contributed by atoms with Crippen molar-refractivity contribution in [2.24, 2.45) is 4.99 Å². The molecule has 0 unspecified atom stereocenters. The maximum Gasteiger partial charge on any atom is 0.287 e. The van der Waals surface area contributed by atoms with Gasteiger partial charge in [-0.1, -0.05) is 0 Å². The lowest BCUT2D eigenvalue weighted by molar-refractivity contribution is -0.122. The van der Waals surface area contributed by atoms with E-state index in [9.17, 15) is 14.4 Å². The molecule has 1 heterocycles. The predicted octanol–water partition coefficient (Wildman–Crippen LogP) is 1.15. The topological polar surface area (TPSA) is 122 Å². The van der Waals surface area contributed by atoms with Gasteiger partial charge in [-0.05, 0) is 44.4 Å². The van der Waals surface area contributed by atoms with Gasteiger partial charge in [0.25, 0.3) is 11.8 Å². The average Bonchev–Trinajstić information content (AvgIpc) is 3.01.